The topological polar surface area (TPSA) is 0 Å². The Kier molecular flexibility index (Phi) is 97.1. The van der Waals surface area contributed by atoms with E-state index in [0.717, 1.165) is 0 Å². The Hall–Kier alpha value is 3.95. The van der Waals surface area contributed by atoms with Gasteiger partial charge in [0.1, 0.15) is 0 Å². The van der Waals surface area contributed by atoms with Crippen LogP contribution in [0.4, 0.5) is 0 Å². The van der Waals surface area contributed by atoms with E-state index in [4.69, 9.17) is 0 Å². The van der Waals surface area contributed by atoms with E-state index in [1.54, 1.807) is 0 Å². The molecular weight excluding hydrogens is 523 g/mol. The Labute approximate surface area is 114 Å². The van der Waals surface area contributed by atoms with Crippen molar-refractivity contribution in [1.82, 2.24) is 0 Å². The molecule has 0 N–H and O–H groups in total. The molecule has 0 aliphatic rings. The quantitative estimate of drug-likeness (QED) is 0.381. The molecule has 4 heteroatoms. The summed E-state index contributed by atoms with van der Waals surface area (Å²) in [6.07, 6.45) is 0. The van der Waals surface area contributed by atoms with Gasteiger partial charge >= 0.3 is 0 Å². The van der Waals surface area contributed by atoms with E-state index in [9.17, 15) is 0 Å². The van der Waals surface area contributed by atoms with Crippen molar-refractivity contribution >= 4 is 25.8 Å². The van der Waals surface area contributed by atoms with Gasteiger partial charge in [-0.1, -0.05) is 0 Å². The van der Waals surface area contributed by atoms with Crippen molar-refractivity contribution in [2.45, 2.75) is 0 Å². The zero-order valence-electron chi connectivity index (χ0n) is 2.18. The van der Waals surface area contributed by atoms with E-state index in [-0.39, 0.29) is 118 Å². The summed E-state index contributed by atoms with van der Waals surface area (Å²) >= 11 is 0. The molecule has 0 nitrogen and oxygen atoms in total. The molecule has 0 heterocycles. The predicted octanol–water partition coefficient (Wildman–Crippen LogP) is -0.386. The van der Waals surface area contributed by atoms with E-state index in [1.165, 1.54) is 0 Å². The second kappa shape index (κ2) is 15.8. The van der Waals surface area contributed by atoms with Gasteiger partial charge in [-0.05, 0) is 0 Å². The molecular formula is DyHgInSc. The molecule has 0 unspecified atom stereocenters. The van der Waals surface area contributed by atoms with Gasteiger partial charge in [-0.25, -0.2) is 0 Å². The third-order valence-electron chi connectivity index (χ3n) is 0. The first-order valence-corrected chi connectivity index (χ1v) is 0. The maximum atomic E-state index is 0. The van der Waals surface area contributed by atoms with Crippen molar-refractivity contribution in [1.29, 1.82) is 0 Å². The first-order chi connectivity index (χ1) is 0. The van der Waals surface area contributed by atoms with Crippen LogP contribution < -0.4 is 0 Å². The van der Waals surface area contributed by atoms with Gasteiger partial charge in [-0.3, -0.25) is 0 Å². The van der Waals surface area contributed by atoms with Gasteiger partial charge in [-0.2, -0.15) is 0 Å². The third kappa shape index (κ3) is 9.34. The molecule has 0 aliphatic carbocycles. The van der Waals surface area contributed by atoms with Crippen molar-refractivity contribution < 1.29 is 91.7 Å². The van der Waals surface area contributed by atoms with Gasteiger partial charge in [-0.15, -0.1) is 0 Å². The van der Waals surface area contributed by atoms with Crippen LogP contribution in [0.15, 0.2) is 0 Å². The molecule has 0 aromatic carbocycles. The standard InChI is InChI=1S/Dy.Hg.In.Sc. The molecule has 0 saturated carbocycles. The molecule has 4 heavy (non-hydrogen) atoms. The maximum Gasteiger partial charge on any atom is 0 e. The fourth-order valence-corrected chi connectivity index (χ4v) is 0. The molecule has 0 aliphatic heterocycles. The molecule has 0 bridgehead atoms. The number of rotatable bonds is 0. The van der Waals surface area contributed by atoms with Gasteiger partial charge in [0.2, 0.25) is 0 Å². The van der Waals surface area contributed by atoms with E-state index in [2.05, 4.69) is 0 Å². The summed E-state index contributed by atoms with van der Waals surface area (Å²) in [6, 6.07) is 0. The fourth-order valence-electron chi connectivity index (χ4n) is 0. The van der Waals surface area contributed by atoms with Crippen LogP contribution in [0.1, 0.15) is 0 Å². The minimum absolute atomic E-state index is 0. The minimum atomic E-state index is 0. The summed E-state index contributed by atoms with van der Waals surface area (Å²) in [6.45, 7) is 0. The van der Waals surface area contributed by atoms with Crippen molar-refractivity contribution in [3.8, 4) is 0 Å². The third-order valence-corrected chi connectivity index (χ3v) is 0. The van der Waals surface area contributed by atoms with Crippen molar-refractivity contribution in [2.75, 3.05) is 0 Å². The number of hydrogen-bond acceptors (Lipinski definition) is 0. The molecule has 0 aromatic rings. The monoisotopic (exact) mass is 526 g/mol. The summed E-state index contributed by atoms with van der Waals surface area (Å²) < 4.78 is 0. The van der Waals surface area contributed by atoms with Crippen molar-refractivity contribution in [3.05, 3.63) is 0 Å². The van der Waals surface area contributed by atoms with Gasteiger partial charge in [0, 0.05) is 118 Å². The summed E-state index contributed by atoms with van der Waals surface area (Å²) in [4.78, 5) is 0. The molecule has 0 saturated heterocycles. The Morgan fingerprint density at radius 2 is 1.00 bits per heavy atom. The molecule has 0 fully saturated rings. The molecule has 0 rings (SSSR count). The van der Waals surface area contributed by atoms with Crippen LogP contribution in [0.2, 0.25) is 0 Å². The Morgan fingerprint density at radius 1 is 1.00 bits per heavy atom. The van der Waals surface area contributed by atoms with Gasteiger partial charge < -0.3 is 0 Å². The molecule has 0 aromatic heterocycles. The van der Waals surface area contributed by atoms with Gasteiger partial charge in [0.25, 0.3) is 0 Å². The Balaban J connectivity index is 0. The predicted molar refractivity (Wildman–Crippen MR) is 5.75 cm³/mol. The summed E-state index contributed by atoms with van der Waals surface area (Å²) in [5.74, 6) is 0. The molecule has 18 valence electrons. The first kappa shape index (κ1) is 24.6. The Bertz CT molecular complexity index is 8.00. The smallest absolute Gasteiger partial charge is 0 e. The zero-order valence-corrected chi connectivity index (χ0v) is 14.8. The van der Waals surface area contributed by atoms with Crippen molar-refractivity contribution in [2.24, 2.45) is 0 Å². The maximum absolute atomic E-state index is 0. The largest absolute Gasteiger partial charge is 0 e. The van der Waals surface area contributed by atoms with Crippen LogP contribution in [0.5, 0.6) is 0 Å². The molecule has 0 atom stereocenters. The average molecular weight is 523 g/mol. The van der Waals surface area contributed by atoms with Crippen LogP contribution in [-0.4, -0.2) is 25.8 Å². The second-order valence-corrected chi connectivity index (χ2v) is 0. The van der Waals surface area contributed by atoms with E-state index in [0.29, 0.717) is 0 Å². The van der Waals surface area contributed by atoms with Gasteiger partial charge in [0.15, 0.2) is 0 Å². The second-order valence-electron chi connectivity index (χ2n) is 0. The van der Waals surface area contributed by atoms with Crippen LogP contribution in [-0.2, 0) is 53.5 Å². The SMILES string of the molecule is [Dy].[Hg].[In].[Sc]. The van der Waals surface area contributed by atoms with Gasteiger partial charge in [0.05, 0.1) is 0 Å². The fraction of sp³-hybridized carbons (Fsp3) is 0. The van der Waals surface area contributed by atoms with Crippen LogP contribution >= 0.6 is 0 Å². The van der Waals surface area contributed by atoms with Crippen molar-refractivity contribution in [3.63, 3.8) is 0 Å². The summed E-state index contributed by atoms with van der Waals surface area (Å²) in [5.41, 5.74) is 0. The normalized spacial score (nSPS) is 0. The Morgan fingerprint density at radius 3 is 1.00 bits per heavy atom. The van der Waals surface area contributed by atoms with Crippen LogP contribution in [0, 0.1) is 38.2 Å². The van der Waals surface area contributed by atoms with E-state index < -0.39 is 0 Å². The first-order valence-electron chi connectivity index (χ1n) is 0. The molecule has 4 radical (unpaired) electrons. The number of hydrogen-bond donors (Lipinski definition) is 0. The van der Waals surface area contributed by atoms with Crippen LogP contribution in [0.3, 0.4) is 0 Å². The minimum Gasteiger partial charge on any atom is 0 e. The van der Waals surface area contributed by atoms with E-state index in [1.807, 2.05) is 0 Å². The summed E-state index contributed by atoms with van der Waals surface area (Å²) in [5, 5.41) is 0. The average Bonchev–Trinajstić information content (AvgIpc) is 0. The molecule has 0 spiro atoms. The zero-order chi connectivity index (χ0) is 0. The molecule has 0 amide bonds. The summed E-state index contributed by atoms with van der Waals surface area (Å²) in [7, 11) is 0. The van der Waals surface area contributed by atoms with Crippen LogP contribution in [0.25, 0.3) is 0 Å². The van der Waals surface area contributed by atoms with E-state index >= 15 is 0 Å².